The first-order chi connectivity index (χ1) is 13.8. The quantitative estimate of drug-likeness (QED) is 0.384. The average Bonchev–Trinajstić information content (AvgIpc) is 2.74. The number of nitrogens with zero attached hydrogens (tertiary/aromatic N) is 1. The number of ether oxygens (including phenoxy) is 1. The highest BCUT2D eigenvalue weighted by molar-refractivity contribution is 5.88. The van der Waals surface area contributed by atoms with E-state index in [1.807, 2.05) is 0 Å². The van der Waals surface area contributed by atoms with Crippen molar-refractivity contribution in [2.24, 2.45) is 0 Å². The van der Waals surface area contributed by atoms with Crippen LogP contribution in [0, 0.1) is 6.92 Å². The number of rotatable bonds is 7. The average molecular weight is 367 g/mol. The van der Waals surface area contributed by atoms with Gasteiger partial charge in [0.2, 0.25) is 0 Å². The third-order valence-electron chi connectivity index (χ3n) is 4.95. The van der Waals surface area contributed by atoms with Crippen LogP contribution in [0.3, 0.4) is 0 Å². The molecule has 0 aliphatic carbocycles. The summed E-state index contributed by atoms with van der Waals surface area (Å²) in [6, 6.07) is 33.9. The van der Waals surface area contributed by atoms with E-state index in [-0.39, 0.29) is 0 Å². The standard InChI is InChI=1S/C26H25NO/c1-21-9-7-14-24(19-21)27(20-22-10-3-2-4-11-22)17-18-28-26-16-8-13-23-12-5-6-15-25(23)26/h2-16,19H,17-18,20H2,1H3. The van der Waals surface area contributed by atoms with Gasteiger partial charge in [0.15, 0.2) is 0 Å². The highest BCUT2D eigenvalue weighted by Crippen LogP contribution is 2.25. The zero-order valence-corrected chi connectivity index (χ0v) is 16.2. The lowest BCUT2D eigenvalue weighted by Crippen LogP contribution is -2.28. The smallest absolute Gasteiger partial charge is 0.127 e. The van der Waals surface area contributed by atoms with Gasteiger partial charge in [0.05, 0.1) is 6.54 Å². The van der Waals surface area contributed by atoms with E-state index >= 15 is 0 Å². The van der Waals surface area contributed by atoms with Crippen LogP contribution in [0.25, 0.3) is 10.8 Å². The lowest BCUT2D eigenvalue weighted by atomic mass is 10.1. The molecule has 0 atom stereocenters. The van der Waals surface area contributed by atoms with Crippen LogP contribution in [-0.4, -0.2) is 13.2 Å². The van der Waals surface area contributed by atoms with Crippen LogP contribution in [0.4, 0.5) is 5.69 Å². The highest BCUT2D eigenvalue weighted by Gasteiger charge is 2.09. The molecule has 2 nitrogen and oxygen atoms in total. The Hall–Kier alpha value is -3.26. The van der Waals surface area contributed by atoms with E-state index in [9.17, 15) is 0 Å². The summed E-state index contributed by atoms with van der Waals surface area (Å²) in [5.74, 6) is 0.946. The molecule has 2 heteroatoms. The lowest BCUT2D eigenvalue weighted by Gasteiger charge is -2.25. The number of hydrogen-bond acceptors (Lipinski definition) is 2. The van der Waals surface area contributed by atoms with Crippen LogP contribution < -0.4 is 9.64 Å². The Kier molecular flexibility index (Phi) is 5.58. The van der Waals surface area contributed by atoms with E-state index in [0.29, 0.717) is 6.61 Å². The molecule has 0 amide bonds. The fourth-order valence-electron chi connectivity index (χ4n) is 3.52. The van der Waals surface area contributed by atoms with Gasteiger partial charge in [-0.15, -0.1) is 0 Å². The van der Waals surface area contributed by atoms with E-state index in [2.05, 4.69) is 109 Å². The Morgan fingerprint density at radius 1 is 0.750 bits per heavy atom. The van der Waals surface area contributed by atoms with E-state index in [4.69, 9.17) is 4.74 Å². The molecule has 0 saturated heterocycles. The van der Waals surface area contributed by atoms with Crippen LogP contribution >= 0.6 is 0 Å². The van der Waals surface area contributed by atoms with Gasteiger partial charge in [-0.05, 0) is 41.6 Å². The Morgan fingerprint density at radius 2 is 1.50 bits per heavy atom. The second-order valence-electron chi connectivity index (χ2n) is 7.07. The molecule has 0 radical (unpaired) electrons. The summed E-state index contributed by atoms with van der Waals surface area (Å²) in [4.78, 5) is 2.38. The van der Waals surface area contributed by atoms with Gasteiger partial charge in [-0.3, -0.25) is 0 Å². The summed E-state index contributed by atoms with van der Waals surface area (Å²) in [5, 5.41) is 2.37. The Balaban J connectivity index is 1.50. The van der Waals surface area contributed by atoms with Gasteiger partial charge >= 0.3 is 0 Å². The molecular weight excluding hydrogens is 342 g/mol. The summed E-state index contributed by atoms with van der Waals surface area (Å²) in [5.41, 5.74) is 3.80. The second kappa shape index (κ2) is 8.62. The molecule has 4 rings (SSSR count). The molecule has 0 aliphatic heterocycles. The van der Waals surface area contributed by atoms with Gasteiger partial charge in [-0.1, -0.05) is 78.9 Å². The van der Waals surface area contributed by atoms with Crippen molar-refractivity contribution in [2.75, 3.05) is 18.1 Å². The number of hydrogen-bond donors (Lipinski definition) is 0. The van der Waals surface area contributed by atoms with Crippen molar-refractivity contribution in [2.45, 2.75) is 13.5 Å². The van der Waals surface area contributed by atoms with Crippen molar-refractivity contribution in [3.8, 4) is 5.75 Å². The van der Waals surface area contributed by atoms with Crippen LogP contribution in [0.5, 0.6) is 5.75 Å². The molecule has 0 spiro atoms. The summed E-state index contributed by atoms with van der Waals surface area (Å²) in [6.07, 6.45) is 0. The normalized spacial score (nSPS) is 10.8. The van der Waals surface area contributed by atoms with Gasteiger partial charge in [0.25, 0.3) is 0 Å². The first-order valence-electron chi connectivity index (χ1n) is 9.76. The second-order valence-corrected chi connectivity index (χ2v) is 7.07. The maximum Gasteiger partial charge on any atom is 0.127 e. The predicted molar refractivity (Wildman–Crippen MR) is 118 cm³/mol. The topological polar surface area (TPSA) is 12.5 Å². The van der Waals surface area contributed by atoms with Crippen molar-refractivity contribution < 1.29 is 4.74 Å². The monoisotopic (exact) mass is 367 g/mol. The molecule has 0 heterocycles. The van der Waals surface area contributed by atoms with Crippen LogP contribution in [0.1, 0.15) is 11.1 Å². The Labute approximate surface area is 167 Å². The molecule has 0 bridgehead atoms. The Morgan fingerprint density at radius 3 is 2.36 bits per heavy atom. The van der Waals surface area contributed by atoms with E-state index in [1.54, 1.807) is 0 Å². The van der Waals surface area contributed by atoms with Crippen molar-refractivity contribution in [1.82, 2.24) is 0 Å². The fraction of sp³-hybridized carbons (Fsp3) is 0.154. The van der Waals surface area contributed by atoms with Crippen LogP contribution in [0.15, 0.2) is 97.1 Å². The third-order valence-corrected chi connectivity index (χ3v) is 4.95. The summed E-state index contributed by atoms with van der Waals surface area (Å²) < 4.78 is 6.20. The number of benzene rings is 4. The maximum absolute atomic E-state index is 6.20. The van der Waals surface area contributed by atoms with E-state index in [0.717, 1.165) is 24.2 Å². The van der Waals surface area contributed by atoms with Crippen molar-refractivity contribution in [1.29, 1.82) is 0 Å². The highest BCUT2D eigenvalue weighted by atomic mass is 16.5. The molecular formula is C26H25NO. The summed E-state index contributed by atoms with van der Waals surface area (Å²) >= 11 is 0. The maximum atomic E-state index is 6.20. The van der Waals surface area contributed by atoms with Gasteiger partial charge in [0, 0.05) is 17.6 Å². The number of anilines is 1. The molecule has 0 saturated carbocycles. The third kappa shape index (κ3) is 4.34. The molecule has 28 heavy (non-hydrogen) atoms. The Bertz CT molecular complexity index is 1040. The largest absolute Gasteiger partial charge is 0.491 e. The molecule has 4 aromatic rings. The van der Waals surface area contributed by atoms with Crippen molar-refractivity contribution in [3.63, 3.8) is 0 Å². The number of fused-ring (bicyclic) bond motifs is 1. The molecule has 0 fully saturated rings. The minimum absolute atomic E-state index is 0.634. The predicted octanol–water partition coefficient (Wildman–Crippen LogP) is 6.23. The van der Waals surface area contributed by atoms with Crippen molar-refractivity contribution in [3.05, 3.63) is 108 Å². The molecule has 4 aromatic carbocycles. The molecule has 0 N–H and O–H groups in total. The van der Waals surface area contributed by atoms with Gasteiger partial charge in [0.1, 0.15) is 12.4 Å². The molecule has 140 valence electrons. The van der Waals surface area contributed by atoms with Gasteiger partial charge in [-0.25, -0.2) is 0 Å². The molecule has 0 aliphatic rings. The van der Waals surface area contributed by atoms with Gasteiger partial charge < -0.3 is 9.64 Å². The minimum Gasteiger partial charge on any atom is -0.491 e. The van der Waals surface area contributed by atoms with Crippen molar-refractivity contribution >= 4 is 16.5 Å². The first-order valence-corrected chi connectivity index (χ1v) is 9.76. The number of aryl methyl sites for hydroxylation is 1. The first kappa shape index (κ1) is 18.1. The van der Waals surface area contributed by atoms with E-state index in [1.165, 1.54) is 22.2 Å². The van der Waals surface area contributed by atoms with Gasteiger partial charge in [-0.2, -0.15) is 0 Å². The fourth-order valence-corrected chi connectivity index (χ4v) is 3.52. The zero-order chi connectivity index (χ0) is 19.2. The van der Waals surface area contributed by atoms with Crippen LogP contribution in [-0.2, 0) is 6.54 Å². The zero-order valence-electron chi connectivity index (χ0n) is 16.2. The van der Waals surface area contributed by atoms with E-state index < -0.39 is 0 Å². The van der Waals surface area contributed by atoms with Crippen LogP contribution in [0.2, 0.25) is 0 Å². The molecule has 0 aromatic heterocycles. The summed E-state index contributed by atoms with van der Waals surface area (Å²) in [7, 11) is 0. The summed E-state index contributed by atoms with van der Waals surface area (Å²) in [6.45, 7) is 4.45. The lowest BCUT2D eigenvalue weighted by molar-refractivity contribution is 0.327. The minimum atomic E-state index is 0.634. The SMILES string of the molecule is Cc1cccc(N(CCOc2cccc3ccccc23)Cc2ccccc2)c1. The molecule has 0 unspecified atom stereocenters.